The van der Waals surface area contributed by atoms with E-state index in [-0.39, 0.29) is 31.1 Å². The number of nitrogens with one attached hydrogen (secondary N) is 2. The SMILES string of the molecule is O=C(Cc1cnc[nH]1)N[C@@H](COCc1ccccc1)C(=O)Cc1ccc(Oc2ccccc2)cc1. The number of imidazole rings is 1. The average Bonchev–Trinajstić information content (AvgIpc) is 3.39. The van der Waals surface area contributed by atoms with Gasteiger partial charge in [-0.25, -0.2) is 4.98 Å². The molecule has 0 spiro atoms. The number of benzene rings is 3. The number of carbonyl (C=O) groups is 2. The summed E-state index contributed by atoms with van der Waals surface area (Å²) in [6, 6.07) is 25.8. The maximum Gasteiger partial charge on any atom is 0.226 e. The molecule has 0 saturated heterocycles. The Balaban J connectivity index is 1.36. The standard InChI is InChI=1S/C28H27N3O4/c32-27(15-21-11-13-25(14-12-21)35-24-9-5-2-6-10-24)26(19-34-18-22-7-3-1-4-8-22)31-28(33)16-23-17-29-20-30-23/h1-14,17,20,26H,15-16,18-19H2,(H,29,30)(H,31,33)/t26-/m0/s1. The third-order valence-electron chi connectivity index (χ3n) is 5.31. The molecule has 2 N–H and O–H groups in total. The number of Topliss-reactive ketones (excluding diaryl/α,β-unsaturated/α-hetero) is 1. The smallest absolute Gasteiger partial charge is 0.226 e. The summed E-state index contributed by atoms with van der Waals surface area (Å²) in [7, 11) is 0. The van der Waals surface area contributed by atoms with Crippen molar-refractivity contribution < 1.29 is 19.1 Å². The summed E-state index contributed by atoms with van der Waals surface area (Å²) in [6.45, 7) is 0.435. The predicted octanol–water partition coefficient (Wildman–Crippen LogP) is 4.26. The van der Waals surface area contributed by atoms with Gasteiger partial charge in [0, 0.05) is 18.3 Å². The van der Waals surface area contributed by atoms with Crippen molar-refractivity contribution in [1.29, 1.82) is 0 Å². The van der Waals surface area contributed by atoms with E-state index in [0.717, 1.165) is 16.9 Å². The minimum absolute atomic E-state index is 0.0810. The normalized spacial score (nSPS) is 11.5. The highest BCUT2D eigenvalue weighted by Gasteiger charge is 2.22. The van der Waals surface area contributed by atoms with Crippen molar-refractivity contribution in [2.75, 3.05) is 6.61 Å². The highest BCUT2D eigenvalue weighted by atomic mass is 16.5. The maximum absolute atomic E-state index is 13.1. The summed E-state index contributed by atoms with van der Waals surface area (Å²) >= 11 is 0. The van der Waals surface area contributed by atoms with E-state index in [1.807, 2.05) is 84.9 Å². The largest absolute Gasteiger partial charge is 0.457 e. The lowest BCUT2D eigenvalue weighted by Crippen LogP contribution is -2.45. The minimum Gasteiger partial charge on any atom is -0.457 e. The lowest BCUT2D eigenvalue weighted by atomic mass is 10.0. The summed E-state index contributed by atoms with van der Waals surface area (Å²) in [6.07, 6.45) is 3.37. The third kappa shape index (κ3) is 7.65. The van der Waals surface area contributed by atoms with E-state index in [0.29, 0.717) is 18.1 Å². The maximum atomic E-state index is 13.1. The van der Waals surface area contributed by atoms with Crippen molar-refractivity contribution in [2.45, 2.75) is 25.5 Å². The van der Waals surface area contributed by atoms with Crippen LogP contribution >= 0.6 is 0 Å². The van der Waals surface area contributed by atoms with Gasteiger partial charge in [-0.2, -0.15) is 0 Å². The van der Waals surface area contributed by atoms with Gasteiger partial charge >= 0.3 is 0 Å². The molecule has 1 amide bonds. The zero-order valence-electron chi connectivity index (χ0n) is 19.2. The molecule has 0 unspecified atom stereocenters. The van der Waals surface area contributed by atoms with Crippen LogP contribution in [-0.2, 0) is 33.8 Å². The van der Waals surface area contributed by atoms with Gasteiger partial charge in [0.15, 0.2) is 5.78 Å². The fraction of sp³-hybridized carbons (Fsp3) is 0.179. The summed E-state index contributed by atoms with van der Waals surface area (Å²) < 4.78 is 11.6. The molecule has 1 atom stereocenters. The molecule has 1 heterocycles. The Kier molecular flexibility index (Phi) is 8.40. The van der Waals surface area contributed by atoms with Crippen molar-refractivity contribution in [3.8, 4) is 11.5 Å². The summed E-state index contributed by atoms with van der Waals surface area (Å²) in [5.74, 6) is 1.02. The first kappa shape index (κ1) is 23.9. The van der Waals surface area contributed by atoms with Crippen LogP contribution < -0.4 is 10.1 Å². The van der Waals surface area contributed by atoms with Crippen molar-refractivity contribution >= 4 is 11.7 Å². The predicted molar refractivity (Wildman–Crippen MR) is 132 cm³/mol. The molecule has 0 saturated carbocycles. The second kappa shape index (κ2) is 12.3. The molecular formula is C28H27N3O4. The van der Waals surface area contributed by atoms with Crippen LogP contribution in [-0.4, -0.2) is 34.3 Å². The first-order valence-corrected chi connectivity index (χ1v) is 11.4. The zero-order chi connectivity index (χ0) is 24.3. The van der Waals surface area contributed by atoms with Gasteiger partial charge in [-0.3, -0.25) is 9.59 Å². The summed E-state index contributed by atoms with van der Waals surface area (Å²) in [5, 5.41) is 2.82. The highest BCUT2D eigenvalue weighted by Crippen LogP contribution is 2.21. The van der Waals surface area contributed by atoms with Crippen LogP contribution in [0.1, 0.15) is 16.8 Å². The number of carbonyl (C=O) groups excluding carboxylic acids is 2. The number of hydrogen-bond donors (Lipinski definition) is 2. The van der Waals surface area contributed by atoms with Gasteiger partial charge in [0.05, 0.1) is 26.0 Å². The van der Waals surface area contributed by atoms with E-state index < -0.39 is 6.04 Å². The van der Waals surface area contributed by atoms with Gasteiger partial charge in [-0.1, -0.05) is 60.7 Å². The Labute approximate surface area is 204 Å². The second-order valence-electron chi connectivity index (χ2n) is 8.08. The quantitative estimate of drug-likeness (QED) is 0.323. The molecule has 4 rings (SSSR count). The Morgan fingerprint density at radius 2 is 1.51 bits per heavy atom. The first-order chi connectivity index (χ1) is 17.2. The van der Waals surface area contributed by atoms with E-state index in [1.54, 1.807) is 6.20 Å². The molecule has 35 heavy (non-hydrogen) atoms. The van der Waals surface area contributed by atoms with Crippen LogP contribution in [0, 0.1) is 0 Å². The lowest BCUT2D eigenvalue weighted by Gasteiger charge is -2.18. The molecule has 178 valence electrons. The van der Waals surface area contributed by atoms with Crippen molar-refractivity contribution in [2.24, 2.45) is 0 Å². The molecule has 4 aromatic rings. The molecule has 0 aliphatic carbocycles. The van der Waals surface area contributed by atoms with Gasteiger partial charge in [0.2, 0.25) is 5.91 Å². The molecule has 0 aliphatic heterocycles. The first-order valence-electron chi connectivity index (χ1n) is 11.4. The number of amides is 1. The number of rotatable bonds is 12. The minimum atomic E-state index is -0.769. The third-order valence-corrected chi connectivity index (χ3v) is 5.31. The van der Waals surface area contributed by atoms with E-state index >= 15 is 0 Å². The van der Waals surface area contributed by atoms with E-state index in [2.05, 4.69) is 15.3 Å². The van der Waals surface area contributed by atoms with Crippen LogP contribution in [0.4, 0.5) is 0 Å². The molecule has 7 heteroatoms. The monoisotopic (exact) mass is 469 g/mol. The molecule has 0 radical (unpaired) electrons. The Bertz CT molecular complexity index is 1190. The zero-order valence-corrected chi connectivity index (χ0v) is 19.2. The number of aromatic nitrogens is 2. The Hall–Kier alpha value is -4.23. The van der Waals surface area contributed by atoms with Gasteiger partial charge in [0.1, 0.15) is 17.5 Å². The Morgan fingerprint density at radius 1 is 0.829 bits per heavy atom. The number of ether oxygens (including phenoxy) is 2. The number of hydrogen-bond acceptors (Lipinski definition) is 5. The number of ketones is 1. The molecule has 1 aromatic heterocycles. The molecule has 3 aromatic carbocycles. The molecule has 7 nitrogen and oxygen atoms in total. The van der Waals surface area contributed by atoms with E-state index in [9.17, 15) is 9.59 Å². The van der Waals surface area contributed by atoms with Gasteiger partial charge in [0.25, 0.3) is 0 Å². The van der Waals surface area contributed by atoms with Crippen molar-refractivity contribution in [3.05, 3.63) is 114 Å². The van der Waals surface area contributed by atoms with Gasteiger partial charge < -0.3 is 19.8 Å². The number of aromatic amines is 1. The number of H-pyrrole nitrogens is 1. The second-order valence-corrected chi connectivity index (χ2v) is 8.08. The average molecular weight is 470 g/mol. The molecule has 0 fully saturated rings. The number of para-hydroxylation sites is 1. The topological polar surface area (TPSA) is 93.3 Å². The van der Waals surface area contributed by atoms with Crippen LogP contribution in [0.2, 0.25) is 0 Å². The van der Waals surface area contributed by atoms with Crippen LogP contribution in [0.15, 0.2) is 97.5 Å². The number of nitrogens with zero attached hydrogens (tertiary/aromatic N) is 1. The fourth-order valence-electron chi connectivity index (χ4n) is 3.51. The summed E-state index contributed by atoms with van der Waals surface area (Å²) in [4.78, 5) is 32.5. The molecular weight excluding hydrogens is 442 g/mol. The van der Waals surface area contributed by atoms with Crippen LogP contribution in [0.25, 0.3) is 0 Å². The molecule has 0 bridgehead atoms. The van der Waals surface area contributed by atoms with Crippen LogP contribution in [0.3, 0.4) is 0 Å². The summed E-state index contributed by atoms with van der Waals surface area (Å²) in [5.41, 5.74) is 2.50. The van der Waals surface area contributed by atoms with Crippen LogP contribution in [0.5, 0.6) is 11.5 Å². The van der Waals surface area contributed by atoms with Crippen molar-refractivity contribution in [1.82, 2.24) is 15.3 Å². The molecule has 0 aliphatic rings. The highest BCUT2D eigenvalue weighted by molar-refractivity contribution is 5.91. The van der Waals surface area contributed by atoms with E-state index in [4.69, 9.17) is 9.47 Å². The van der Waals surface area contributed by atoms with E-state index in [1.165, 1.54) is 6.33 Å². The fourth-order valence-corrected chi connectivity index (χ4v) is 3.51. The van der Waals surface area contributed by atoms with Gasteiger partial charge in [-0.05, 0) is 35.4 Å². The lowest BCUT2D eigenvalue weighted by molar-refractivity contribution is -0.128. The Morgan fingerprint density at radius 3 is 2.20 bits per heavy atom. The van der Waals surface area contributed by atoms with Crippen molar-refractivity contribution in [3.63, 3.8) is 0 Å². The van der Waals surface area contributed by atoms with Gasteiger partial charge in [-0.15, -0.1) is 0 Å².